The Hall–Kier alpha value is -3.13. The fraction of sp³-hybridized carbons (Fsp3) is 0.350. The van der Waals surface area contributed by atoms with Gasteiger partial charge in [0, 0.05) is 24.9 Å². The number of aryl methyl sites for hydroxylation is 1. The Morgan fingerprint density at radius 3 is 2.68 bits per heavy atom. The van der Waals surface area contributed by atoms with Crippen LogP contribution in [0.2, 0.25) is 0 Å². The number of likely N-dealkylation sites (N-methyl/N-ethyl adjacent to an activating group) is 1. The molecule has 1 aromatic carbocycles. The minimum absolute atomic E-state index is 0.0240. The number of nitrogens with zero attached hydrogens (tertiary/aromatic N) is 3. The molecule has 2 aromatic heterocycles. The summed E-state index contributed by atoms with van der Waals surface area (Å²) in [7, 11) is 5.50. The number of hydrogen-bond acceptors (Lipinski definition) is 7. The summed E-state index contributed by atoms with van der Waals surface area (Å²) < 4.78 is 15.8. The van der Waals surface area contributed by atoms with Gasteiger partial charge in [-0.05, 0) is 50.5 Å². The number of carbonyl (C=O) groups is 1. The maximum Gasteiger partial charge on any atom is 0.227 e. The highest BCUT2D eigenvalue weighted by Crippen LogP contribution is 2.20. The third-order valence-electron chi connectivity index (χ3n) is 4.37. The van der Waals surface area contributed by atoms with Gasteiger partial charge in [-0.2, -0.15) is 4.98 Å². The van der Waals surface area contributed by atoms with E-state index in [1.54, 1.807) is 13.4 Å². The predicted octanol–water partition coefficient (Wildman–Crippen LogP) is 2.69. The molecule has 148 valence electrons. The minimum atomic E-state index is -0.0809. The molecule has 0 fully saturated rings. The van der Waals surface area contributed by atoms with Gasteiger partial charge in [-0.15, -0.1) is 0 Å². The normalized spacial score (nSPS) is 12.1. The quantitative estimate of drug-likeness (QED) is 0.606. The van der Waals surface area contributed by atoms with Crippen LogP contribution in [0.15, 0.2) is 51.6 Å². The van der Waals surface area contributed by atoms with Crippen molar-refractivity contribution < 1.29 is 18.5 Å². The highest BCUT2D eigenvalue weighted by molar-refractivity contribution is 5.76. The van der Waals surface area contributed by atoms with Crippen LogP contribution in [-0.4, -0.2) is 48.7 Å². The highest BCUT2D eigenvalue weighted by Gasteiger charge is 2.18. The first-order valence-corrected chi connectivity index (χ1v) is 9.00. The molecule has 3 rings (SSSR count). The zero-order valence-electron chi connectivity index (χ0n) is 16.2. The first kappa shape index (κ1) is 19.6. The number of amides is 1. The van der Waals surface area contributed by atoms with Gasteiger partial charge in [0.15, 0.2) is 0 Å². The van der Waals surface area contributed by atoms with Gasteiger partial charge < -0.3 is 19.0 Å². The first-order chi connectivity index (χ1) is 13.6. The highest BCUT2D eigenvalue weighted by atomic mass is 16.5. The molecule has 1 unspecified atom stereocenters. The summed E-state index contributed by atoms with van der Waals surface area (Å²) in [5.41, 5.74) is 0.826. The minimum Gasteiger partial charge on any atom is -0.497 e. The Kier molecular flexibility index (Phi) is 6.44. The summed E-state index contributed by atoms with van der Waals surface area (Å²) in [6.07, 6.45) is 2.27. The molecule has 3 aromatic rings. The van der Waals surface area contributed by atoms with Crippen LogP contribution in [0.4, 0.5) is 0 Å². The van der Waals surface area contributed by atoms with Gasteiger partial charge in [0.2, 0.25) is 17.6 Å². The van der Waals surface area contributed by atoms with Gasteiger partial charge in [0.05, 0.1) is 19.4 Å². The van der Waals surface area contributed by atoms with E-state index in [2.05, 4.69) is 15.5 Å². The second-order valence-electron chi connectivity index (χ2n) is 6.54. The van der Waals surface area contributed by atoms with Crippen molar-refractivity contribution in [1.29, 1.82) is 0 Å². The van der Waals surface area contributed by atoms with Gasteiger partial charge in [0.25, 0.3) is 0 Å². The Bertz CT molecular complexity index is 872. The molecule has 8 heteroatoms. The Morgan fingerprint density at radius 2 is 2.04 bits per heavy atom. The standard InChI is InChI=1S/C20H24N4O4/c1-24(2)16(17-5-4-12-27-17)13-21-18(25)10-11-19-22-20(23-28-19)14-6-8-15(26-3)9-7-14/h4-9,12,16H,10-11,13H2,1-3H3,(H,21,25). The second kappa shape index (κ2) is 9.18. The Balaban J connectivity index is 1.50. The molecule has 1 amide bonds. The molecule has 2 heterocycles. The first-order valence-electron chi connectivity index (χ1n) is 9.00. The summed E-state index contributed by atoms with van der Waals surface area (Å²) in [6, 6.07) is 11.1. The molecule has 0 spiro atoms. The lowest BCUT2D eigenvalue weighted by Gasteiger charge is -2.22. The van der Waals surface area contributed by atoms with E-state index < -0.39 is 0 Å². The molecular formula is C20H24N4O4. The van der Waals surface area contributed by atoms with Crippen molar-refractivity contribution in [2.24, 2.45) is 0 Å². The van der Waals surface area contributed by atoms with Gasteiger partial charge in [-0.25, -0.2) is 0 Å². The number of carbonyl (C=O) groups excluding carboxylic acids is 1. The van der Waals surface area contributed by atoms with Crippen molar-refractivity contribution in [3.05, 3.63) is 54.3 Å². The molecule has 0 saturated heterocycles. The van der Waals surface area contributed by atoms with Crippen LogP contribution in [0, 0.1) is 0 Å². The van der Waals surface area contributed by atoms with Crippen molar-refractivity contribution >= 4 is 5.91 Å². The molecule has 28 heavy (non-hydrogen) atoms. The van der Waals surface area contributed by atoms with Crippen LogP contribution in [0.3, 0.4) is 0 Å². The zero-order chi connectivity index (χ0) is 19.9. The van der Waals surface area contributed by atoms with Crippen LogP contribution >= 0.6 is 0 Å². The Labute approximate surface area is 163 Å². The number of aromatic nitrogens is 2. The third kappa shape index (κ3) is 4.98. The van der Waals surface area contributed by atoms with E-state index in [-0.39, 0.29) is 18.4 Å². The predicted molar refractivity (Wildman–Crippen MR) is 103 cm³/mol. The molecule has 8 nitrogen and oxygen atoms in total. The van der Waals surface area contributed by atoms with E-state index in [0.29, 0.717) is 24.7 Å². The van der Waals surface area contributed by atoms with E-state index in [1.165, 1.54) is 0 Å². The van der Waals surface area contributed by atoms with Crippen molar-refractivity contribution in [2.75, 3.05) is 27.7 Å². The third-order valence-corrected chi connectivity index (χ3v) is 4.37. The van der Waals surface area contributed by atoms with Gasteiger partial charge in [-0.3, -0.25) is 9.69 Å². The summed E-state index contributed by atoms with van der Waals surface area (Å²) >= 11 is 0. The topological polar surface area (TPSA) is 93.6 Å². The van der Waals surface area contributed by atoms with E-state index in [4.69, 9.17) is 13.7 Å². The molecular weight excluding hydrogens is 360 g/mol. The van der Waals surface area contributed by atoms with E-state index in [9.17, 15) is 4.79 Å². The van der Waals surface area contributed by atoms with Crippen molar-refractivity contribution in [3.8, 4) is 17.1 Å². The van der Waals surface area contributed by atoms with Crippen molar-refractivity contribution in [2.45, 2.75) is 18.9 Å². The maximum atomic E-state index is 12.2. The van der Waals surface area contributed by atoms with Gasteiger partial charge in [0.1, 0.15) is 11.5 Å². The number of furan rings is 1. The SMILES string of the molecule is COc1ccc(-c2noc(CCC(=O)NCC(c3ccco3)N(C)C)n2)cc1. The van der Waals surface area contributed by atoms with Crippen LogP contribution in [0.5, 0.6) is 5.75 Å². The van der Waals surface area contributed by atoms with E-state index in [0.717, 1.165) is 17.1 Å². The van der Waals surface area contributed by atoms with Crippen LogP contribution in [-0.2, 0) is 11.2 Å². The van der Waals surface area contributed by atoms with E-state index >= 15 is 0 Å². The number of rotatable bonds is 9. The number of benzene rings is 1. The summed E-state index contributed by atoms with van der Waals surface area (Å²) in [6.45, 7) is 0.459. The second-order valence-corrected chi connectivity index (χ2v) is 6.54. The van der Waals surface area contributed by atoms with Crippen LogP contribution < -0.4 is 10.1 Å². The molecule has 0 radical (unpaired) electrons. The van der Waals surface area contributed by atoms with Crippen molar-refractivity contribution in [1.82, 2.24) is 20.4 Å². The van der Waals surface area contributed by atoms with Crippen molar-refractivity contribution in [3.63, 3.8) is 0 Å². The lowest BCUT2D eigenvalue weighted by atomic mass is 10.2. The lowest BCUT2D eigenvalue weighted by Crippen LogP contribution is -2.34. The van der Waals surface area contributed by atoms with Crippen LogP contribution in [0.25, 0.3) is 11.4 Å². The number of hydrogen-bond donors (Lipinski definition) is 1. The van der Waals surface area contributed by atoms with E-state index in [1.807, 2.05) is 55.4 Å². The average molecular weight is 384 g/mol. The fourth-order valence-electron chi connectivity index (χ4n) is 2.75. The molecule has 1 N–H and O–H groups in total. The zero-order valence-corrected chi connectivity index (χ0v) is 16.2. The average Bonchev–Trinajstić information content (AvgIpc) is 3.39. The summed E-state index contributed by atoms with van der Waals surface area (Å²) in [5, 5.41) is 6.90. The smallest absolute Gasteiger partial charge is 0.227 e. The van der Waals surface area contributed by atoms with Gasteiger partial charge in [-0.1, -0.05) is 5.16 Å². The molecule has 0 saturated carbocycles. The Morgan fingerprint density at radius 1 is 1.25 bits per heavy atom. The van der Waals surface area contributed by atoms with Gasteiger partial charge >= 0.3 is 0 Å². The number of methoxy groups -OCH3 is 1. The fourth-order valence-corrected chi connectivity index (χ4v) is 2.75. The number of nitrogens with one attached hydrogen (secondary N) is 1. The monoisotopic (exact) mass is 384 g/mol. The van der Waals surface area contributed by atoms with Crippen LogP contribution in [0.1, 0.15) is 24.1 Å². The largest absolute Gasteiger partial charge is 0.497 e. The molecule has 0 aliphatic carbocycles. The number of ether oxygens (including phenoxy) is 1. The molecule has 0 aliphatic rings. The molecule has 0 bridgehead atoms. The summed E-state index contributed by atoms with van der Waals surface area (Å²) in [5.74, 6) is 2.41. The maximum absolute atomic E-state index is 12.2. The lowest BCUT2D eigenvalue weighted by molar-refractivity contribution is -0.121. The summed E-state index contributed by atoms with van der Waals surface area (Å²) in [4.78, 5) is 18.5. The molecule has 0 aliphatic heterocycles. The molecule has 1 atom stereocenters.